The molecule has 0 spiro atoms. The van der Waals surface area contributed by atoms with Crippen molar-refractivity contribution in [2.45, 2.75) is 53.0 Å². The van der Waals surface area contributed by atoms with Crippen LogP contribution in [-0.2, 0) is 11.2 Å². The van der Waals surface area contributed by atoms with Gasteiger partial charge in [0.1, 0.15) is 18.0 Å². The molecule has 6 heteroatoms. The number of rotatable bonds is 7. The summed E-state index contributed by atoms with van der Waals surface area (Å²) < 4.78 is 0. The second-order valence-electron chi connectivity index (χ2n) is 5.98. The van der Waals surface area contributed by atoms with Crippen LogP contribution in [0.2, 0.25) is 0 Å². The topological polar surface area (TPSA) is 78.9 Å². The van der Waals surface area contributed by atoms with E-state index in [2.05, 4.69) is 39.8 Å². The number of nitrogens with zero attached hydrogens (tertiary/aromatic N) is 2. The summed E-state index contributed by atoms with van der Waals surface area (Å²) in [6.07, 6.45) is 3.35. The molecule has 0 radical (unpaired) electrons. The number of aromatic nitrogens is 2. The molecule has 0 aliphatic heterocycles. The summed E-state index contributed by atoms with van der Waals surface area (Å²) in [5, 5.41) is 9.30. The van der Waals surface area contributed by atoms with E-state index in [1.807, 2.05) is 20.8 Å². The Balaban J connectivity index is 2.72. The first kappa shape index (κ1) is 17.2. The monoisotopic (exact) mass is 293 g/mol. The Morgan fingerprint density at radius 3 is 2.29 bits per heavy atom. The lowest BCUT2D eigenvalue weighted by atomic mass is 10.1. The fraction of sp³-hybridized carbons (Fsp3) is 0.667. The highest BCUT2D eigenvalue weighted by molar-refractivity contribution is 5.81. The van der Waals surface area contributed by atoms with E-state index in [1.54, 1.807) is 0 Å². The molecule has 1 heterocycles. The van der Waals surface area contributed by atoms with Crippen molar-refractivity contribution < 1.29 is 4.79 Å². The van der Waals surface area contributed by atoms with Crippen molar-refractivity contribution in [3.05, 3.63) is 11.9 Å². The first-order valence-corrected chi connectivity index (χ1v) is 7.50. The number of nitrogens with one attached hydrogen (secondary N) is 3. The van der Waals surface area contributed by atoms with Gasteiger partial charge < -0.3 is 16.0 Å². The smallest absolute Gasteiger partial charge is 0.239 e. The van der Waals surface area contributed by atoms with Gasteiger partial charge in [-0.05, 0) is 33.6 Å². The van der Waals surface area contributed by atoms with E-state index >= 15 is 0 Å². The van der Waals surface area contributed by atoms with Crippen LogP contribution in [0, 0.1) is 0 Å². The Hall–Kier alpha value is -1.85. The van der Waals surface area contributed by atoms with E-state index in [0.717, 1.165) is 36.6 Å². The lowest BCUT2D eigenvalue weighted by Crippen LogP contribution is -2.43. The lowest BCUT2D eigenvalue weighted by Gasteiger charge is -2.21. The van der Waals surface area contributed by atoms with Crippen molar-refractivity contribution in [3.63, 3.8) is 0 Å². The number of carbonyl (C=O) groups excluding carboxylic acids is 1. The normalized spacial score (nSPS) is 11.1. The zero-order valence-electron chi connectivity index (χ0n) is 13.7. The molecule has 0 atom stereocenters. The first-order chi connectivity index (χ1) is 9.87. The molecule has 6 nitrogen and oxygen atoms in total. The van der Waals surface area contributed by atoms with Crippen LogP contribution in [0.15, 0.2) is 6.33 Å². The predicted octanol–water partition coefficient (Wildman–Crippen LogP) is 2.19. The van der Waals surface area contributed by atoms with Gasteiger partial charge in [-0.15, -0.1) is 0 Å². The summed E-state index contributed by atoms with van der Waals surface area (Å²) in [5.41, 5.74) is 0.779. The van der Waals surface area contributed by atoms with Gasteiger partial charge in [-0.3, -0.25) is 4.79 Å². The van der Waals surface area contributed by atoms with Crippen LogP contribution >= 0.6 is 0 Å². The highest BCUT2D eigenvalue weighted by Gasteiger charge is 2.15. The van der Waals surface area contributed by atoms with Gasteiger partial charge in [0.15, 0.2) is 0 Å². The number of carbonyl (C=O) groups is 1. The average molecular weight is 293 g/mol. The molecule has 1 aromatic heterocycles. The van der Waals surface area contributed by atoms with Gasteiger partial charge >= 0.3 is 0 Å². The molecular weight excluding hydrogens is 266 g/mol. The maximum Gasteiger partial charge on any atom is 0.239 e. The van der Waals surface area contributed by atoms with Crippen LogP contribution in [-0.4, -0.2) is 34.5 Å². The molecule has 0 unspecified atom stereocenters. The molecule has 0 aliphatic carbocycles. The van der Waals surface area contributed by atoms with Gasteiger partial charge in [-0.25, -0.2) is 9.97 Å². The van der Waals surface area contributed by atoms with Gasteiger partial charge in [0.25, 0.3) is 0 Å². The first-order valence-electron chi connectivity index (χ1n) is 7.50. The van der Waals surface area contributed by atoms with Crippen molar-refractivity contribution in [3.8, 4) is 0 Å². The molecule has 0 saturated heterocycles. The third kappa shape index (κ3) is 5.97. The average Bonchev–Trinajstić information content (AvgIpc) is 2.40. The second kappa shape index (κ2) is 7.81. The summed E-state index contributed by atoms with van der Waals surface area (Å²) in [5.74, 6) is 1.51. The highest BCUT2D eigenvalue weighted by Crippen LogP contribution is 2.20. The van der Waals surface area contributed by atoms with Crippen LogP contribution in [0.5, 0.6) is 0 Å². The fourth-order valence-corrected chi connectivity index (χ4v) is 1.92. The van der Waals surface area contributed by atoms with Crippen molar-refractivity contribution in [1.82, 2.24) is 15.3 Å². The molecule has 0 saturated carbocycles. The molecule has 3 N–H and O–H groups in total. The Bertz CT molecular complexity index is 468. The van der Waals surface area contributed by atoms with E-state index in [4.69, 9.17) is 0 Å². The highest BCUT2D eigenvalue weighted by atomic mass is 16.2. The van der Waals surface area contributed by atoms with Crippen LogP contribution < -0.4 is 16.0 Å². The van der Waals surface area contributed by atoms with Crippen molar-refractivity contribution in [1.29, 1.82) is 0 Å². The third-order valence-electron chi connectivity index (χ3n) is 2.77. The molecule has 0 bridgehead atoms. The van der Waals surface area contributed by atoms with Crippen molar-refractivity contribution in [2.75, 3.05) is 23.7 Å². The summed E-state index contributed by atoms with van der Waals surface area (Å²) in [4.78, 5) is 20.4. The number of anilines is 2. The minimum atomic E-state index is -0.230. The van der Waals surface area contributed by atoms with Gasteiger partial charge in [0, 0.05) is 17.6 Å². The molecule has 0 aromatic carbocycles. The standard InChI is InChI=1S/C15H27N5O/c1-6-8-16-13-11(7-2)14(19-10-18-13)17-9-12(21)20-15(3,4)5/h10H,6-9H2,1-5H3,(H,20,21)(H2,16,17,18,19). The SMILES string of the molecule is CCCNc1ncnc(NCC(=O)NC(C)(C)C)c1CC. The summed E-state index contributed by atoms with van der Waals surface area (Å²) >= 11 is 0. The second-order valence-corrected chi connectivity index (χ2v) is 5.98. The molecule has 0 fully saturated rings. The van der Waals surface area contributed by atoms with Crippen LogP contribution in [0.4, 0.5) is 11.6 Å². The minimum Gasteiger partial charge on any atom is -0.370 e. The summed E-state index contributed by atoms with van der Waals surface area (Å²) in [7, 11) is 0. The van der Waals surface area contributed by atoms with Crippen LogP contribution in [0.25, 0.3) is 0 Å². The fourth-order valence-electron chi connectivity index (χ4n) is 1.92. The predicted molar refractivity (Wildman–Crippen MR) is 86.6 cm³/mol. The maximum absolute atomic E-state index is 11.9. The van der Waals surface area contributed by atoms with E-state index < -0.39 is 0 Å². The van der Waals surface area contributed by atoms with Crippen molar-refractivity contribution >= 4 is 17.5 Å². The molecule has 1 rings (SSSR count). The van der Waals surface area contributed by atoms with Gasteiger partial charge in [-0.2, -0.15) is 0 Å². The lowest BCUT2D eigenvalue weighted by molar-refractivity contribution is -0.120. The molecule has 1 aromatic rings. The quantitative estimate of drug-likeness (QED) is 0.718. The van der Waals surface area contributed by atoms with Gasteiger partial charge in [0.05, 0.1) is 6.54 Å². The number of amides is 1. The Morgan fingerprint density at radius 1 is 1.14 bits per heavy atom. The Kier molecular flexibility index (Phi) is 6.39. The zero-order chi connectivity index (χ0) is 15.9. The number of hydrogen-bond acceptors (Lipinski definition) is 5. The van der Waals surface area contributed by atoms with E-state index in [-0.39, 0.29) is 18.0 Å². The molecule has 21 heavy (non-hydrogen) atoms. The third-order valence-corrected chi connectivity index (χ3v) is 2.77. The van der Waals surface area contributed by atoms with Crippen LogP contribution in [0.1, 0.15) is 46.6 Å². The largest absolute Gasteiger partial charge is 0.370 e. The van der Waals surface area contributed by atoms with E-state index in [0.29, 0.717) is 0 Å². The summed E-state index contributed by atoms with van der Waals surface area (Å²) in [6, 6.07) is 0. The van der Waals surface area contributed by atoms with Gasteiger partial charge in [0.2, 0.25) is 5.91 Å². The molecule has 1 amide bonds. The summed E-state index contributed by atoms with van der Waals surface area (Å²) in [6.45, 7) is 11.1. The minimum absolute atomic E-state index is 0.0498. The molecule has 118 valence electrons. The molecule has 0 aliphatic rings. The van der Waals surface area contributed by atoms with E-state index in [1.165, 1.54) is 6.33 Å². The zero-order valence-corrected chi connectivity index (χ0v) is 13.7. The Morgan fingerprint density at radius 2 is 1.76 bits per heavy atom. The maximum atomic E-state index is 11.9. The number of hydrogen-bond donors (Lipinski definition) is 3. The van der Waals surface area contributed by atoms with Crippen molar-refractivity contribution in [2.24, 2.45) is 0 Å². The molecular formula is C15H27N5O. The van der Waals surface area contributed by atoms with Gasteiger partial charge in [-0.1, -0.05) is 13.8 Å². The Labute approximate surface area is 127 Å². The van der Waals surface area contributed by atoms with Crippen LogP contribution in [0.3, 0.4) is 0 Å². The van der Waals surface area contributed by atoms with E-state index in [9.17, 15) is 4.79 Å².